The lowest BCUT2D eigenvalue weighted by Crippen LogP contribution is -2.02. The lowest BCUT2D eigenvalue weighted by atomic mass is 9.96. The molecule has 4 aromatic heterocycles. The molecule has 0 aliphatic heterocycles. The van der Waals surface area contributed by atoms with Crippen LogP contribution in [0.4, 0.5) is 0 Å². The fourth-order valence-electron chi connectivity index (χ4n) is 10.8. The fraction of sp³-hybridized carbons (Fsp3) is 0. The van der Waals surface area contributed by atoms with Gasteiger partial charge in [-0.3, -0.25) is 0 Å². The van der Waals surface area contributed by atoms with E-state index in [0.717, 1.165) is 83.9 Å². The minimum absolute atomic E-state index is 0.684. The Kier molecular flexibility index (Phi) is 8.83. The van der Waals surface area contributed by atoms with E-state index in [4.69, 9.17) is 9.97 Å². The molecule has 0 amide bonds. The molecule has 0 atom stereocenters. The molecule has 5 heteroatoms. The first kappa shape index (κ1) is 38.9. The molecule has 14 aromatic rings. The van der Waals surface area contributed by atoms with Crippen LogP contribution in [0, 0.1) is 0 Å². The number of rotatable bonds is 7. The standard InChI is InChI=1S/C64H41N5/c1-4-20-42(21-5-1)54-40-55(66-64(65-54)43-22-6-2-7-23-43)44-36-37-61(51(38-44)48-28-13-18-34-59(48)68-57-32-16-10-26-46(57)47-27-11-17-33-58(47)68)69-60-35-19-14-30-50(60)53-39-52-49-29-12-15-31-56(49)67(62(52)41-63(53)69)45-24-8-3-9-25-45/h1-41H. The van der Waals surface area contributed by atoms with Gasteiger partial charge in [-0.2, -0.15) is 0 Å². The van der Waals surface area contributed by atoms with Gasteiger partial charge in [0.05, 0.1) is 55.9 Å². The second-order valence-electron chi connectivity index (χ2n) is 17.7. The summed E-state index contributed by atoms with van der Waals surface area (Å²) in [4.78, 5) is 10.5. The molecule has 0 fully saturated rings. The average Bonchev–Trinajstić information content (AvgIpc) is 4.06. The van der Waals surface area contributed by atoms with Crippen molar-refractivity contribution in [3.05, 3.63) is 249 Å². The first-order chi connectivity index (χ1) is 34.2. The van der Waals surface area contributed by atoms with Crippen LogP contribution in [0.5, 0.6) is 0 Å². The molecule has 4 heterocycles. The van der Waals surface area contributed by atoms with Gasteiger partial charge in [0.1, 0.15) is 0 Å². The fourth-order valence-corrected chi connectivity index (χ4v) is 10.8. The van der Waals surface area contributed by atoms with Gasteiger partial charge in [-0.25, -0.2) is 9.97 Å². The van der Waals surface area contributed by atoms with Gasteiger partial charge in [-0.15, -0.1) is 0 Å². The van der Waals surface area contributed by atoms with E-state index >= 15 is 0 Å². The van der Waals surface area contributed by atoms with Crippen molar-refractivity contribution in [1.82, 2.24) is 23.7 Å². The highest BCUT2D eigenvalue weighted by atomic mass is 15.0. The Morgan fingerprint density at radius 3 is 1.29 bits per heavy atom. The zero-order chi connectivity index (χ0) is 45.4. The Morgan fingerprint density at radius 2 is 0.681 bits per heavy atom. The van der Waals surface area contributed by atoms with E-state index in [1.165, 1.54) is 37.8 Å². The molecule has 0 spiro atoms. The molecule has 322 valence electrons. The molecule has 0 aliphatic rings. The van der Waals surface area contributed by atoms with Crippen molar-refractivity contribution >= 4 is 65.4 Å². The van der Waals surface area contributed by atoms with Crippen molar-refractivity contribution in [3.63, 3.8) is 0 Å². The number of aromatic nitrogens is 5. The van der Waals surface area contributed by atoms with Crippen molar-refractivity contribution < 1.29 is 0 Å². The van der Waals surface area contributed by atoms with Crippen molar-refractivity contribution in [1.29, 1.82) is 0 Å². The number of benzene rings is 10. The molecular weight excluding hydrogens is 839 g/mol. The van der Waals surface area contributed by atoms with E-state index < -0.39 is 0 Å². The first-order valence-corrected chi connectivity index (χ1v) is 23.5. The molecule has 0 saturated heterocycles. The van der Waals surface area contributed by atoms with Crippen LogP contribution in [0.25, 0.3) is 128 Å². The van der Waals surface area contributed by atoms with E-state index in [2.05, 4.69) is 238 Å². The second kappa shape index (κ2) is 15.7. The maximum Gasteiger partial charge on any atom is 0.160 e. The summed E-state index contributed by atoms with van der Waals surface area (Å²) in [5.41, 5.74) is 17.1. The second-order valence-corrected chi connectivity index (χ2v) is 17.7. The quantitative estimate of drug-likeness (QED) is 0.160. The highest BCUT2D eigenvalue weighted by molar-refractivity contribution is 6.19. The highest BCUT2D eigenvalue weighted by Crippen LogP contribution is 2.44. The van der Waals surface area contributed by atoms with E-state index in [-0.39, 0.29) is 0 Å². The maximum absolute atomic E-state index is 5.35. The van der Waals surface area contributed by atoms with Gasteiger partial charge in [-0.1, -0.05) is 176 Å². The van der Waals surface area contributed by atoms with Crippen LogP contribution in [0.3, 0.4) is 0 Å². The Morgan fingerprint density at radius 1 is 0.246 bits per heavy atom. The van der Waals surface area contributed by atoms with Crippen LogP contribution in [-0.2, 0) is 0 Å². The molecule has 0 N–H and O–H groups in total. The zero-order valence-corrected chi connectivity index (χ0v) is 37.4. The first-order valence-electron chi connectivity index (χ1n) is 23.5. The van der Waals surface area contributed by atoms with Crippen LogP contribution in [0.2, 0.25) is 0 Å². The average molecular weight is 880 g/mol. The zero-order valence-electron chi connectivity index (χ0n) is 37.4. The van der Waals surface area contributed by atoms with Gasteiger partial charge < -0.3 is 13.7 Å². The summed E-state index contributed by atoms with van der Waals surface area (Å²) in [5, 5.41) is 7.31. The molecule has 5 nitrogen and oxygen atoms in total. The maximum atomic E-state index is 5.35. The van der Waals surface area contributed by atoms with Gasteiger partial charge >= 0.3 is 0 Å². The summed E-state index contributed by atoms with van der Waals surface area (Å²) in [5.74, 6) is 0.684. The molecule has 14 rings (SSSR count). The molecule has 0 aliphatic carbocycles. The van der Waals surface area contributed by atoms with E-state index in [1.54, 1.807) is 0 Å². The number of nitrogens with zero attached hydrogens (tertiary/aromatic N) is 5. The third-order valence-electron chi connectivity index (χ3n) is 13.9. The van der Waals surface area contributed by atoms with Crippen molar-refractivity contribution in [2.75, 3.05) is 0 Å². The third-order valence-corrected chi connectivity index (χ3v) is 13.9. The molecular formula is C64H41N5. The van der Waals surface area contributed by atoms with Crippen molar-refractivity contribution in [2.45, 2.75) is 0 Å². The van der Waals surface area contributed by atoms with Gasteiger partial charge in [0.15, 0.2) is 5.82 Å². The third kappa shape index (κ3) is 6.18. The van der Waals surface area contributed by atoms with Gasteiger partial charge in [0, 0.05) is 65.8 Å². The largest absolute Gasteiger partial charge is 0.309 e. The van der Waals surface area contributed by atoms with Crippen LogP contribution in [0.1, 0.15) is 0 Å². The summed E-state index contributed by atoms with van der Waals surface area (Å²) in [6.07, 6.45) is 0. The van der Waals surface area contributed by atoms with Gasteiger partial charge in [-0.05, 0) is 72.8 Å². The smallest absolute Gasteiger partial charge is 0.160 e. The van der Waals surface area contributed by atoms with Crippen LogP contribution < -0.4 is 0 Å². The van der Waals surface area contributed by atoms with Crippen LogP contribution in [0.15, 0.2) is 249 Å². The number of hydrogen-bond acceptors (Lipinski definition) is 2. The van der Waals surface area contributed by atoms with Crippen molar-refractivity contribution in [2.24, 2.45) is 0 Å². The predicted octanol–water partition coefficient (Wildman–Crippen LogP) is 16.4. The van der Waals surface area contributed by atoms with E-state index in [0.29, 0.717) is 5.82 Å². The summed E-state index contributed by atoms with van der Waals surface area (Å²) in [6, 6.07) is 89.4. The number of fused-ring (bicyclic) bond motifs is 9. The van der Waals surface area contributed by atoms with Gasteiger partial charge in [0.25, 0.3) is 0 Å². The molecule has 10 aromatic carbocycles. The monoisotopic (exact) mass is 879 g/mol. The number of hydrogen-bond donors (Lipinski definition) is 0. The Labute approximate surface area is 398 Å². The van der Waals surface area contributed by atoms with Gasteiger partial charge in [0.2, 0.25) is 0 Å². The Bertz CT molecular complexity index is 4180. The molecule has 0 bridgehead atoms. The molecule has 0 unspecified atom stereocenters. The van der Waals surface area contributed by atoms with Crippen molar-refractivity contribution in [3.8, 4) is 62.1 Å². The van der Waals surface area contributed by atoms with Crippen LogP contribution in [-0.4, -0.2) is 23.7 Å². The minimum Gasteiger partial charge on any atom is -0.309 e. The lowest BCUT2D eigenvalue weighted by molar-refractivity contribution is 1.15. The molecule has 0 radical (unpaired) electrons. The van der Waals surface area contributed by atoms with E-state index in [9.17, 15) is 0 Å². The summed E-state index contributed by atoms with van der Waals surface area (Å²) in [6.45, 7) is 0. The topological polar surface area (TPSA) is 40.6 Å². The summed E-state index contributed by atoms with van der Waals surface area (Å²) < 4.78 is 7.34. The lowest BCUT2D eigenvalue weighted by Gasteiger charge is -2.20. The van der Waals surface area contributed by atoms with Crippen LogP contribution >= 0.6 is 0 Å². The summed E-state index contributed by atoms with van der Waals surface area (Å²) in [7, 11) is 0. The molecule has 0 saturated carbocycles. The SMILES string of the molecule is c1ccc(-c2cc(-c3ccc(-n4c5ccccc5c5cc6c7ccccc7n(-c7ccccc7)c6cc54)c(-c4ccccc4-n4c5ccccc5c5ccccc54)c3)nc(-c3ccccc3)n2)cc1. The number of para-hydroxylation sites is 6. The summed E-state index contributed by atoms with van der Waals surface area (Å²) >= 11 is 0. The Balaban J connectivity index is 1.09. The minimum atomic E-state index is 0.684. The predicted molar refractivity (Wildman–Crippen MR) is 287 cm³/mol. The Hall–Kier alpha value is -9.32. The van der Waals surface area contributed by atoms with E-state index in [1.807, 2.05) is 24.3 Å². The normalized spacial score (nSPS) is 11.8. The molecule has 69 heavy (non-hydrogen) atoms. The highest BCUT2D eigenvalue weighted by Gasteiger charge is 2.23.